The van der Waals surface area contributed by atoms with Gasteiger partial charge in [0, 0.05) is 6.42 Å². The summed E-state index contributed by atoms with van der Waals surface area (Å²) in [6.45, 7) is 1.83. The Morgan fingerprint density at radius 1 is 1.05 bits per heavy atom. The number of phenols is 1. The van der Waals surface area contributed by atoms with Crippen LogP contribution in [0.1, 0.15) is 17.0 Å². The van der Waals surface area contributed by atoms with Crippen molar-refractivity contribution in [1.82, 2.24) is 10.1 Å². The average Bonchev–Trinajstić information content (AvgIpc) is 2.91. The molecule has 20 heavy (non-hydrogen) atoms. The van der Waals surface area contributed by atoms with Crippen LogP contribution < -0.4 is 0 Å². The van der Waals surface area contributed by atoms with Gasteiger partial charge in [0.1, 0.15) is 5.75 Å². The van der Waals surface area contributed by atoms with Gasteiger partial charge in [-0.3, -0.25) is 0 Å². The average molecular weight is 266 g/mol. The number of aromatic hydroxyl groups is 1. The third kappa shape index (κ3) is 2.40. The minimum atomic E-state index is 0.183. The molecule has 2 aromatic carbocycles. The van der Waals surface area contributed by atoms with E-state index in [1.165, 1.54) is 0 Å². The summed E-state index contributed by atoms with van der Waals surface area (Å²) in [6.07, 6.45) is 0.608. The Balaban J connectivity index is 1.89. The van der Waals surface area contributed by atoms with Crippen molar-refractivity contribution in [1.29, 1.82) is 0 Å². The fraction of sp³-hybridized carbons (Fsp3) is 0.125. The van der Waals surface area contributed by atoms with Gasteiger partial charge < -0.3 is 9.63 Å². The van der Waals surface area contributed by atoms with Crippen LogP contribution in [0.4, 0.5) is 0 Å². The maximum Gasteiger partial charge on any atom is 0.261 e. The largest absolute Gasteiger partial charge is 0.507 e. The van der Waals surface area contributed by atoms with Crippen LogP contribution >= 0.6 is 0 Å². The second-order valence-corrected chi connectivity index (χ2v) is 4.65. The zero-order valence-corrected chi connectivity index (χ0v) is 11.1. The minimum absolute atomic E-state index is 0.183. The second-order valence-electron chi connectivity index (χ2n) is 4.65. The molecule has 4 heteroatoms. The summed E-state index contributed by atoms with van der Waals surface area (Å²) < 4.78 is 5.24. The molecule has 0 aliphatic carbocycles. The van der Waals surface area contributed by atoms with Crippen molar-refractivity contribution in [3.63, 3.8) is 0 Å². The number of hydrogen-bond donors (Lipinski definition) is 1. The van der Waals surface area contributed by atoms with E-state index in [0.717, 1.165) is 11.1 Å². The van der Waals surface area contributed by atoms with Crippen LogP contribution in [0.5, 0.6) is 5.75 Å². The molecule has 1 heterocycles. The topological polar surface area (TPSA) is 59.2 Å². The van der Waals surface area contributed by atoms with Crippen LogP contribution in [-0.4, -0.2) is 15.2 Å². The first kappa shape index (κ1) is 12.4. The number of aromatic nitrogens is 2. The molecule has 0 aliphatic heterocycles. The smallest absolute Gasteiger partial charge is 0.261 e. The molecular formula is C16H14N2O2. The summed E-state index contributed by atoms with van der Waals surface area (Å²) in [5, 5.41) is 14.0. The van der Waals surface area contributed by atoms with Gasteiger partial charge in [-0.25, -0.2) is 0 Å². The summed E-state index contributed by atoms with van der Waals surface area (Å²) >= 11 is 0. The van der Waals surface area contributed by atoms with Crippen molar-refractivity contribution < 1.29 is 9.63 Å². The molecule has 0 bridgehead atoms. The highest BCUT2D eigenvalue weighted by Gasteiger charge is 2.14. The van der Waals surface area contributed by atoms with E-state index >= 15 is 0 Å². The third-order valence-electron chi connectivity index (χ3n) is 3.14. The lowest BCUT2D eigenvalue weighted by molar-refractivity contribution is 0.418. The van der Waals surface area contributed by atoms with Gasteiger partial charge in [-0.1, -0.05) is 47.6 Å². The lowest BCUT2D eigenvalue weighted by Crippen LogP contribution is -1.90. The molecule has 0 aliphatic rings. The van der Waals surface area contributed by atoms with E-state index in [0.29, 0.717) is 23.7 Å². The second kappa shape index (κ2) is 5.17. The number of para-hydroxylation sites is 1. The van der Waals surface area contributed by atoms with Gasteiger partial charge >= 0.3 is 0 Å². The van der Waals surface area contributed by atoms with E-state index in [1.807, 2.05) is 49.4 Å². The number of benzene rings is 2. The van der Waals surface area contributed by atoms with Gasteiger partial charge in [-0.05, 0) is 24.1 Å². The van der Waals surface area contributed by atoms with E-state index in [9.17, 15) is 5.11 Å². The molecule has 0 saturated heterocycles. The SMILES string of the molecule is Cc1cccc(-c2nc(Cc3ccccc3)no2)c1O. The zero-order chi connectivity index (χ0) is 13.9. The monoisotopic (exact) mass is 266 g/mol. The summed E-state index contributed by atoms with van der Waals surface area (Å²) in [7, 11) is 0. The fourth-order valence-corrected chi connectivity index (χ4v) is 2.05. The lowest BCUT2D eigenvalue weighted by atomic mass is 10.1. The predicted molar refractivity (Wildman–Crippen MR) is 75.4 cm³/mol. The highest BCUT2D eigenvalue weighted by Crippen LogP contribution is 2.30. The van der Waals surface area contributed by atoms with Crippen LogP contribution in [0.2, 0.25) is 0 Å². The van der Waals surface area contributed by atoms with Gasteiger partial charge in [-0.15, -0.1) is 0 Å². The van der Waals surface area contributed by atoms with Gasteiger partial charge in [0.25, 0.3) is 5.89 Å². The summed E-state index contributed by atoms with van der Waals surface area (Å²) in [5.41, 5.74) is 2.47. The highest BCUT2D eigenvalue weighted by atomic mass is 16.5. The molecule has 3 rings (SSSR count). The molecule has 0 spiro atoms. The molecule has 0 radical (unpaired) electrons. The van der Waals surface area contributed by atoms with Crippen LogP contribution in [0, 0.1) is 6.92 Å². The van der Waals surface area contributed by atoms with Crippen molar-refractivity contribution in [3.8, 4) is 17.2 Å². The number of rotatable bonds is 3. The van der Waals surface area contributed by atoms with E-state index in [4.69, 9.17) is 4.52 Å². The van der Waals surface area contributed by atoms with E-state index < -0.39 is 0 Å². The van der Waals surface area contributed by atoms with Crippen molar-refractivity contribution in [2.24, 2.45) is 0 Å². The van der Waals surface area contributed by atoms with Gasteiger partial charge in [0.05, 0.1) is 5.56 Å². The Labute approximate surface area is 116 Å². The Bertz CT molecular complexity index is 720. The molecule has 100 valence electrons. The molecule has 0 atom stereocenters. The van der Waals surface area contributed by atoms with Crippen LogP contribution in [0.15, 0.2) is 53.1 Å². The lowest BCUT2D eigenvalue weighted by Gasteiger charge is -2.01. The van der Waals surface area contributed by atoms with Gasteiger partial charge in [0.2, 0.25) is 0 Å². The van der Waals surface area contributed by atoms with E-state index in [2.05, 4.69) is 10.1 Å². The van der Waals surface area contributed by atoms with Gasteiger partial charge in [-0.2, -0.15) is 4.98 Å². The molecule has 0 saturated carbocycles. The molecule has 0 amide bonds. The van der Waals surface area contributed by atoms with E-state index in [1.54, 1.807) is 6.07 Å². The molecular weight excluding hydrogens is 252 g/mol. The molecule has 3 aromatic rings. The highest BCUT2D eigenvalue weighted by molar-refractivity contribution is 5.64. The quantitative estimate of drug-likeness (QED) is 0.789. The fourth-order valence-electron chi connectivity index (χ4n) is 2.05. The first-order valence-corrected chi connectivity index (χ1v) is 6.39. The van der Waals surface area contributed by atoms with Gasteiger partial charge in [0.15, 0.2) is 5.82 Å². The molecule has 0 fully saturated rings. The van der Waals surface area contributed by atoms with Crippen LogP contribution in [0.3, 0.4) is 0 Å². The van der Waals surface area contributed by atoms with E-state index in [-0.39, 0.29) is 5.75 Å². The van der Waals surface area contributed by atoms with Crippen molar-refractivity contribution in [2.75, 3.05) is 0 Å². The Kier molecular flexibility index (Phi) is 3.21. The Morgan fingerprint density at radius 3 is 2.65 bits per heavy atom. The molecule has 4 nitrogen and oxygen atoms in total. The maximum atomic E-state index is 10.0. The number of nitrogens with zero attached hydrogens (tertiary/aromatic N) is 2. The zero-order valence-electron chi connectivity index (χ0n) is 11.1. The number of hydrogen-bond acceptors (Lipinski definition) is 4. The predicted octanol–water partition coefficient (Wildman–Crippen LogP) is 3.34. The third-order valence-corrected chi connectivity index (χ3v) is 3.14. The molecule has 0 unspecified atom stereocenters. The number of aryl methyl sites for hydroxylation is 1. The summed E-state index contributed by atoms with van der Waals surface area (Å²) in [5.74, 6) is 1.13. The standard InChI is InChI=1S/C16H14N2O2/c1-11-6-5-9-13(15(11)19)16-17-14(18-20-16)10-12-7-3-2-4-8-12/h2-9,19H,10H2,1H3. The first-order valence-electron chi connectivity index (χ1n) is 6.39. The normalized spacial score (nSPS) is 10.7. The Hall–Kier alpha value is -2.62. The van der Waals surface area contributed by atoms with Crippen molar-refractivity contribution in [3.05, 3.63) is 65.5 Å². The molecule has 1 N–H and O–H groups in total. The molecule has 1 aromatic heterocycles. The maximum absolute atomic E-state index is 10.0. The summed E-state index contributed by atoms with van der Waals surface area (Å²) in [4.78, 5) is 4.34. The van der Waals surface area contributed by atoms with Crippen LogP contribution in [0.25, 0.3) is 11.5 Å². The van der Waals surface area contributed by atoms with Crippen LogP contribution in [-0.2, 0) is 6.42 Å². The Morgan fingerprint density at radius 2 is 1.85 bits per heavy atom. The van der Waals surface area contributed by atoms with Crippen molar-refractivity contribution in [2.45, 2.75) is 13.3 Å². The van der Waals surface area contributed by atoms with Crippen molar-refractivity contribution >= 4 is 0 Å². The number of phenolic OH excluding ortho intramolecular Hbond substituents is 1. The first-order chi connectivity index (χ1) is 9.74. The summed E-state index contributed by atoms with van der Waals surface area (Å²) in [6, 6.07) is 15.4. The minimum Gasteiger partial charge on any atom is -0.507 e.